The van der Waals surface area contributed by atoms with Crippen LogP contribution in [0.2, 0.25) is 0 Å². The zero-order valence-corrected chi connectivity index (χ0v) is 16.3. The van der Waals surface area contributed by atoms with E-state index in [4.69, 9.17) is 4.74 Å². The van der Waals surface area contributed by atoms with Gasteiger partial charge < -0.3 is 9.64 Å². The van der Waals surface area contributed by atoms with Crippen molar-refractivity contribution >= 4 is 31.8 Å². The van der Waals surface area contributed by atoms with Crippen molar-refractivity contribution in [3.63, 3.8) is 0 Å². The summed E-state index contributed by atoms with van der Waals surface area (Å²) >= 11 is 3.33. The third-order valence-corrected chi connectivity index (χ3v) is 6.39. The van der Waals surface area contributed by atoms with E-state index in [0.29, 0.717) is 17.7 Å². The Hall–Kier alpha value is -1.48. The molecule has 0 saturated carbocycles. The van der Waals surface area contributed by atoms with E-state index in [1.807, 2.05) is 19.1 Å². The lowest BCUT2D eigenvalue weighted by molar-refractivity contribution is 0.122. The van der Waals surface area contributed by atoms with Crippen LogP contribution in [-0.4, -0.2) is 39.7 Å². The van der Waals surface area contributed by atoms with Crippen LogP contribution in [0.5, 0.6) is 0 Å². The Morgan fingerprint density at radius 2 is 2.04 bits per heavy atom. The van der Waals surface area contributed by atoms with Crippen molar-refractivity contribution in [1.82, 2.24) is 9.71 Å². The van der Waals surface area contributed by atoms with Crippen LogP contribution in [0.3, 0.4) is 0 Å². The Morgan fingerprint density at radius 3 is 2.76 bits per heavy atom. The SMILES string of the molecule is Cc1ccc(S(=O)(=O)NCc2cccnc2N2CCOCC2)c(Br)c1. The van der Waals surface area contributed by atoms with Crippen LogP contribution < -0.4 is 9.62 Å². The van der Waals surface area contributed by atoms with E-state index >= 15 is 0 Å². The molecule has 1 aromatic heterocycles. The van der Waals surface area contributed by atoms with Crippen LogP contribution in [0.1, 0.15) is 11.1 Å². The summed E-state index contributed by atoms with van der Waals surface area (Å²) in [6.45, 7) is 4.90. The van der Waals surface area contributed by atoms with Gasteiger partial charge in [-0.1, -0.05) is 12.1 Å². The number of hydrogen-bond donors (Lipinski definition) is 1. The first-order valence-corrected chi connectivity index (χ1v) is 10.3. The summed E-state index contributed by atoms with van der Waals surface area (Å²) in [5.74, 6) is 0.802. The molecule has 0 amide bonds. The van der Waals surface area contributed by atoms with Gasteiger partial charge in [0.2, 0.25) is 10.0 Å². The maximum Gasteiger partial charge on any atom is 0.241 e. The number of nitrogens with zero attached hydrogens (tertiary/aromatic N) is 2. The topological polar surface area (TPSA) is 71.5 Å². The summed E-state index contributed by atoms with van der Waals surface area (Å²) in [5, 5.41) is 0. The van der Waals surface area contributed by atoms with E-state index in [2.05, 4.69) is 30.5 Å². The fourth-order valence-electron chi connectivity index (χ4n) is 2.70. The molecule has 2 aromatic rings. The lowest BCUT2D eigenvalue weighted by Crippen LogP contribution is -2.37. The number of halogens is 1. The first kappa shape index (κ1) is 18.3. The number of nitrogens with one attached hydrogen (secondary N) is 1. The standard InChI is InChI=1S/C17H20BrN3O3S/c1-13-4-5-16(15(18)11-13)25(22,23)20-12-14-3-2-6-19-17(14)21-7-9-24-10-8-21/h2-6,11,20H,7-10,12H2,1H3. The maximum absolute atomic E-state index is 12.6. The Labute approximate surface area is 156 Å². The molecule has 3 rings (SSSR count). The molecule has 0 radical (unpaired) electrons. The minimum atomic E-state index is -3.62. The maximum atomic E-state index is 12.6. The summed E-state index contributed by atoms with van der Waals surface area (Å²) in [7, 11) is -3.62. The number of aromatic nitrogens is 1. The highest BCUT2D eigenvalue weighted by molar-refractivity contribution is 9.10. The highest BCUT2D eigenvalue weighted by atomic mass is 79.9. The second-order valence-electron chi connectivity index (χ2n) is 5.84. The zero-order valence-electron chi connectivity index (χ0n) is 13.9. The third-order valence-electron chi connectivity index (χ3n) is 4.01. The number of benzene rings is 1. The van der Waals surface area contributed by atoms with Gasteiger partial charge in [-0.15, -0.1) is 0 Å². The molecule has 0 aliphatic carbocycles. The first-order chi connectivity index (χ1) is 12.0. The smallest absolute Gasteiger partial charge is 0.241 e. The average molecular weight is 426 g/mol. The van der Waals surface area contributed by atoms with Crippen molar-refractivity contribution in [2.24, 2.45) is 0 Å². The Bertz CT molecular complexity index is 852. The number of anilines is 1. The van der Waals surface area contributed by atoms with Gasteiger partial charge in [-0.25, -0.2) is 18.1 Å². The molecule has 0 unspecified atom stereocenters. The molecule has 25 heavy (non-hydrogen) atoms. The number of ether oxygens (including phenoxy) is 1. The van der Waals surface area contributed by atoms with Gasteiger partial charge in [0.05, 0.1) is 18.1 Å². The number of sulfonamides is 1. The molecule has 6 nitrogen and oxygen atoms in total. The molecule has 1 N–H and O–H groups in total. The van der Waals surface area contributed by atoms with E-state index in [9.17, 15) is 8.42 Å². The highest BCUT2D eigenvalue weighted by Gasteiger charge is 2.20. The van der Waals surface area contributed by atoms with E-state index in [0.717, 1.165) is 30.0 Å². The van der Waals surface area contributed by atoms with Crippen LogP contribution >= 0.6 is 15.9 Å². The highest BCUT2D eigenvalue weighted by Crippen LogP contribution is 2.24. The summed E-state index contributed by atoms with van der Waals surface area (Å²) in [4.78, 5) is 6.78. The number of pyridine rings is 1. The molecule has 1 aromatic carbocycles. The van der Waals surface area contributed by atoms with Gasteiger partial charge >= 0.3 is 0 Å². The summed E-state index contributed by atoms with van der Waals surface area (Å²) in [6, 6.07) is 8.88. The van der Waals surface area contributed by atoms with Crippen LogP contribution in [-0.2, 0) is 21.3 Å². The fraction of sp³-hybridized carbons (Fsp3) is 0.353. The largest absolute Gasteiger partial charge is 0.378 e. The van der Waals surface area contributed by atoms with Gasteiger partial charge in [-0.2, -0.15) is 0 Å². The molecular formula is C17H20BrN3O3S. The molecule has 0 atom stereocenters. The van der Waals surface area contributed by atoms with Crippen LogP contribution in [0.25, 0.3) is 0 Å². The molecule has 1 aliphatic rings. The Kier molecular flexibility index (Phi) is 5.73. The van der Waals surface area contributed by atoms with Gasteiger partial charge in [0.1, 0.15) is 5.82 Å². The summed E-state index contributed by atoms with van der Waals surface area (Å²) < 4.78 is 33.9. The van der Waals surface area contributed by atoms with E-state index in [1.165, 1.54) is 0 Å². The molecule has 0 bridgehead atoms. The average Bonchev–Trinajstić information content (AvgIpc) is 2.61. The van der Waals surface area contributed by atoms with Gasteiger partial charge in [0.15, 0.2) is 0 Å². The van der Waals surface area contributed by atoms with Gasteiger partial charge in [0, 0.05) is 35.9 Å². The predicted molar refractivity (Wildman–Crippen MR) is 100 cm³/mol. The van der Waals surface area contributed by atoms with Crippen molar-refractivity contribution in [2.45, 2.75) is 18.4 Å². The van der Waals surface area contributed by atoms with Crippen LogP contribution in [0.4, 0.5) is 5.82 Å². The van der Waals surface area contributed by atoms with E-state index in [-0.39, 0.29) is 11.4 Å². The van der Waals surface area contributed by atoms with E-state index in [1.54, 1.807) is 24.4 Å². The molecule has 8 heteroatoms. The Balaban J connectivity index is 1.79. The van der Waals surface area contributed by atoms with Crippen molar-refractivity contribution in [3.05, 3.63) is 52.1 Å². The minimum absolute atomic E-state index is 0.184. The zero-order chi connectivity index (χ0) is 17.9. The normalized spacial score (nSPS) is 15.4. The van der Waals surface area contributed by atoms with E-state index < -0.39 is 10.0 Å². The van der Waals surface area contributed by atoms with Crippen molar-refractivity contribution in [3.8, 4) is 0 Å². The van der Waals surface area contributed by atoms with Gasteiger partial charge in [0.25, 0.3) is 0 Å². The number of aryl methyl sites for hydroxylation is 1. The van der Waals surface area contributed by atoms with Crippen LogP contribution in [0.15, 0.2) is 45.9 Å². The van der Waals surface area contributed by atoms with Gasteiger partial charge in [-0.3, -0.25) is 0 Å². The van der Waals surface area contributed by atoms with Crippen LogP contribution in [0, 0.1) is 6.92 Å². The van der Waals surface area contributed by atoms with Gasteiger partial charge in [-0.05, 0) is 46.6 Å². The molecule has 0 spiro atoms. The minimum Gasteiger partial charge on any atom is -0.378 e. The summed E-state index contributed by atoms with van der Waals surface area (Å²) in [6.07, 6.45) is 1.72. The monoisotopic (exact) mass is 425 g/mol. The van der Waals surface area contributed by atoms with Crippen molar-refractivity contribution in [1.29, 1.82) is 0 Å². The molecule has 1 aliphatic heterocycles. The molecule has 2 heterocycles. The Morgan fingerprint density at radius 1 is 1.28 bits per heavy atom. The molecule has 134 valence electrons. The molecule has 1 saturated heterocycles. The fourth-order valence-corrected chi connectivity index (χ4v) is 4.90. The number of hydrogen-bond acceptors (Lipinski definition) is 5. The van der Waals surface area contributed by atoms with Crippen molar-refractivity contribution in [2.75, 3.05) is 31.2 Å². The quantitative estimate of drug-likeness (QED) is 0.796. The molecule has 1 fully saturated rings. The second-order valence-corrected chi connectivity index (χ2v) is 8.43. The lowest BCUT2D eigenvalue weighted by atomic mass is 10.2. The van der Waals surface area contributed by atoms with Crippen molar-refractivity contribution < 1.29 is 13.2 Å². The second kappa shape index (κ2) is 7.82. The number of rotatable bonds is 5. The molecular weight excluding hydrogens is 406 g/mol. The third kappa shape index (κ3) is 4.38. The lowest BCUT2D eigenvalue weighted by Gasteiger charge is -2.29. The first-order valence-electron chi connectivity index (χ1n) is 8.00. The number of morpholine rings is 1. The summed E-state index contributed by atoms with van der Waals surface area (Å²) in [5.41, 5.74) is 1.84. The predicted octanol–water partition coefficient (Wildman–Crippen LogP) is 2.47.